The van der Waals surface area contributed by atoms with Crippen LogP contribution in [0.25, 0.3) is 0 Å². The highest BCUT2D eigenvalue weighted by Crippen LogP contribution is 2.26. The van der Waals surface area contributed by atoms with Gasteiger partial charge in [-0.1, -0.05) is 6.92 Å². The molecule has 8 heteroatoms. The minimum absolute atomic E-state index is 0.0105. The summed E-state index contributed by atoms with van der Waals surface area (Å²) in [6, 6.07) is 6.01. The number of carbonyl (C=O) groups is 1. The third-order valence-corrected chi connectivity index (χ3v) is 6.00. The summed E-state index contributed by atoms with van der Waals surface area (Å²) in [6.45, 7) is 5.09. The lowest BCUT2D eigenvalue weighted by Crippen LogP contribution is -2.53. The number of nitrogens with one attached hydrogen (secondary N) is 3. The molecule has 4 rings (SSSR count). The number of hydrogen-bond donors (Lipinski definition) is 3. The van der Waals surface area contributed by atoms with Gasteiger partial charge in [-0.2, -0.15) is 0 Å². The van der Waals surface area contributed by atoms with Gasteiger partial charge in [0.15, 0.2) is 0 Å². The minimum Gasteiger partial charge on any atom is -0.373 e. The second-order valence-corrected chi connectivity index (χ2v) is 7.88. The number of hydrogen-bond acceptors (Lipinski definition) is 6. The Morgan fingerprint density at radius 3 is 3.07 bits per heavy atom. The van der Waals surface area contributed by atoms with E-state index in [1.54, 1.807) is 13.2 Å². The highest BCUT2D eigenvalue weighted by atomic mass is 16.5. The summed E-state index contributed by atoms with van der Waals surface area (Å²) in [4.78, 5) is 33.8. The molecule has 0 spiro atoms. The van der Waals surface area contributed by atoms with Gasteiger partial charge in [0.2, 0.25) is 0 Å². The predicted molar refractivity (Wildman–Crippen MR) is 115 cm³/mol. The number of aromatic nitrogens is 2. The van der Waals surface area contributed by atoms with Crippen molar-refractivity contribution < 1.29 is 9.53 Å². The molecule has 2 aliphatic rings. The van der Waals surface area contributed by atoms with E-state index < -0.39 is 0 Å². The normalized spacial score (nSPS) is 21.2. The number of piperazine rings is 1. The smallest absolute Gasteiger partial charge is 0.269 e. The molecular formula is C22H29N5O3. The van der Waals surface area contributed by atoms with E-state index in [-0.39, 0.29) is 23.6 Å². The van der Waals surface area contributed by atoms with E-state index in [1.807, 2.05) is 25.1 Å². The van der Waals surface area contributed by atoms with Crippen molar-refractivity contribution in [3.05, 3.63) is 57.3 Å². The first-order chi connectivity index (χ1) is 14.6. The zero-order chi connectivity index (χ0) is 21.1. The van der Waals surface area contributed by atoms with Crippen molar-refractivity contribution in [1.29, 1.82) is 0 Å². The summed E-state index contributed by atoms with van der Waals surface area (Å²) in [5.74, 6) is -0.189. The molecule has 0 bridgehead atoms. The Bertz CT molecular complexity index is 973. The largest absolute Gasteiger partial charge is 0.373 e. The molecule has 2 atom stereocenters. The number of carbonyl (C=O) groups excluding carboxylic acids is 1. The van der Waals surface area contributed by atoms with E-state index in [2.05, 4.69) is 25.5 Å². The lowest BCUT2D eigenvalue weighted by molar-refractivity contribution is 0.0166. The van der Waals surface area contributed by atoms with Crippen LogP contribution < -0.4 is 21.1 Å². The van der Waals surface area contributed by atoms with Crippen LogP contribution in [0.15, 0.2) is 29.2 Å². The maximum Gasteiger partial charge on any atom is 0.269 e. The molecule has 1 saturated heterocycles. The molecule has 1 amide bonds. The van der Waals surface area contributed by atoms with Crippen molar-refractivity contribution in [3.63, 3.8) is 0 Å². The Morgan fingerprint density at radius 1 is 1.40 bits per heavy atom. The number of H-pyrrole nitrogens is 1. The molecule has 0 saturated carbocycles. The van der Waals surface area contributed by atoms with Crippen molar-refractivity contribution in [1.82, 2.24) is 20.6 Å². The molecule has 8 nitrogen and oxygen atoms in total. The number of nitrogens with zero attached hydrogens (tertiary/aromatic N) is 2. The van der Waals surface area contributed by atoms with Gasteiger partial charge in [0.1, 0.15) is 5.69 Å². The number of pyridine rings is 2. The Kier molecular flexibility index (Phi) is 6.15. The molecule has 3 N–H and O–H groups in total. The van der Waals surface area contributed by atoms with Crippen molar-refractivity contribution in [3.8, 4) is 0 Å². The first kappa shape index (κ1) is 20.6. The van der Waals surface area contributed by atoms with E-state index in [0.717, 1.165) is 55.0 Å². The summed E-state index contributed by atoms with van der Waals surface area (Å²) in [5, 5.41) is 6.10. The summed E-state index contributed by atoms with van der Waals surface area (Å²) in [6.07, 6.45) is 3.98. The molecule has 2 unspecified atom stereocenters. The maximum atomic E-state index is 12.2. The highest BCUT2D eigenvalue weighted by molar-refractivity contribution is 5.92. The van der Waals surface area contributed by atoms with E-state index in [4.69, 9.17) is 4.74 Å². The second-order valence-electron chi connectivity index (χ2n) is 7.88. The van der Waals surface area contributed by atoms with Crippen molar-refractivity contribution in [2.45, 2.75) is 44.9 Å². The van der Waals surface area contributed by atoms with Crippen LogP contribution in [-0.4, -0.2) is 54.7 Å². The third kappa shape index (κ3) is 4.24. The molecule has 1 fully saturated rings. The van der Waals surface area contributed by atoms with Gasteiger partial charge in [-0.05, 0) is 36.6 Å². The zero-order valence-electron chi connectivity index (χ0n) is 17.5. The quantitative estimate of drug-likeness (QED) is 0.679. The van der Waals surface area contributed by atoms with Crippen LogP contribution >= 0.6 is 0 Å². The number of anilines is 1. The van der Waals surface area contributed by atoms with Gasteiger partial charge < -0.3 is 25.3 Å². The number of ether oxygens (including phenoxy) is 1. The maximum absolute atomic E-state index is 12.2. The fraction of sp³-hybridized carbons (Fsp3) is 0.500. The number of rotatable bonds is 5. The van der Waals surface area contributed by atoms with Crippen molar-refractivity contribution in [2.75, 3.05) is 31.6 Å². The first-order valence-electron chi connectivity index (χ1n) is 10.6. The number of fused-ring (bicyclic) bond motifs is 1. The molecule has 0 aliphatic carbocycles. The minimum atomic E-state index is -0.189. The molecule has 0 radical (unpaired) electrons. The van der Waals surface area contributed by atoms with E-state index in [0.29, 0.717) is 18.7 Å². The Hall–Kier alpha value is -2.71. The molecule has 4 heterocycles. The van der Waals surface area contributed by atoms with E-state index in [9.17, 15) is 9.59 Å². The average molecular weight is 412 g/mol. The summed E-state index contributed by atoms with van der Waals surface area (Å²) in [5.41, 5.74) is 4.31. The highest BCUT2D eigenvalue weighted by Gasteiger charge is 2.29. The molecule has 2 aliphatic heterocycles. The lowest BCUT2D eigenvalue weighted by Gasteiger charge is -2.40. The number of aromatic amines is 1. The van der Waals surface area contributed by atoms with Crippen LogP contribution in [0.1, 0.15) is 40.7 Å². The molecule has 2 aromatic rings. The average Bonchev–Trinajstić information content (AvgIpc) is 2.78. The topological polar surface area (TPSA) is 99.4 Å². The van der Waals surface area contributed by atoms with Gasteiger partial charge in [-0.15, -0.1) is 0 Å². The number of aryl methyl sites for hydroxylation is 1. The first-order valence-corrected chi connectivity index (χ1v) is 10.6. The number of amides is 1. The van der Waals surface area contributed by atoms with Crippen molar-refractivity contribution in [2.24, 2.45) is 0 Å². The van der Waals surface area contributed by atoms with Gasteiger partial charge in [0, 0.05) is 62.3 Å². The van der Waals surface area contributed by atoms with Gasteiger partial charge in [-0.25, -0.2) is 0 Å². The predicted octanol–water partition coefficient (Wildman–Crippen LogP) is 1.00. The van der Waals surface area contributed by atoms with E-state index in [1.165, 1.54) is 0 Å². The summed E-state index contributed by atoms with van der Waals surface area (Å²) >= 11 is 0. The van der Waals surface area contributed by atoms with Crippen LogP contribution in [0.3, 0.4) is 0 Å². The van der Waals surface area contributed by atoms with Gasteiger partial charge in [0.25, 0.3) is 11.5 Å². The standard InChI is InChI=1S/C22H29N5O3/c1-3-14-8-15-13-30-18(11-19(15)26-21(14)28)9-17-12-24-6-7-27(17)16-4-5-25-20(10-16)22(29)23-2/h4-5,8,10,17-18,24H,3,6-7,9,11-13H2,1-2H3,(H,23,29)(H,26,28). The SMILES string of the molecule is CCc1cc2c([nH]c1=O)CC(CC1CNCCN1c1ccnc(C(=O)NC)c1)OC2. The third-order valence-electron chi connectivity index (χ3n) is 6.00. The molecule has 30 heavy (non-hydrogen) atoms. The molecular weight excluding hydrogens is 382 g/mol. The Morgan fingerprint density at radius 2 is 2.27 bits per heavy atom. The van der Waals surface area contributed by atoms with Crippen LogP contribution in [-0.2, 0) is 24.2 Å². The van der Waals surface area contributed by atoms with Crippen LogP contribution in [0.5, 0.6) is 0 Å². The van der Waals surface area contributed by atoms with Gasteiger partial charge in [0.05, 0.1) is 12.7 Å². The second kappa shape index (κ2) is 8.97. The summed E-state index contributed by atoms with van der Waals surface area (Å²) < 4.78 is 6.16. The fourth-order valence-corrected chi connectivity index (χ4v) is 4.34. The zero-order valence-corrected chi connectivity index (χ0v) is 17.5. The van der Waals surface area contributed by atoms with Crippen molar-refractivity contribution >= 4 is 11.6 Å². The monoisotopic (exact) mass is 411 g/mol. The van der Waals surface area contributed by atoms with E-state index >= 15 is 0 Å². The lowest BCUT2D eigenvalue weighted by atomic mass is 9.96. The van der Waals surface area contributed by atoms with Gasteiger partial charge in [-0.3, -0.25) is 14.6 Å². The molecule has 0 aromatic carbocycles. The Labute approximate surface area is 176 Å². The molecule has 160 valence electrons. The molecule has 2 aromatic heterocycles. The van der Waals surface area contributed by atoms with Crippen LogP contribution in [0.4, 0.5) is 5.69 Å². The fourth-order valence-electron chi connectivity index (χ4n) is 4.34. The van der Waals surface area contributed by atoms with Crippen LogP contribution in [0.2, 0.25) is 0 Å². The van der Waals surface area contributed by atoms with Gasteiger partial charge >= 0.3 is 0 Å². The van der Waals surface area contributed by atoms with Crippen LogP contribution in [0, 0.1) is 0 Å². The summed E-state index contributed by atoms with van der Waals surface area (Å²) in [7, 11) is 1.61. The Balaban J connectivity index is 1.50.